The second kappa shape index (κ2) is 6.37. The van der Waals surface area contributed by atoms with Gasteiger partial charge in [0.1, 0.15) is 0 Å². The molecule has 1 aromatic carbocycles. The van der Waals surface area contributed by atoms with Crippen molar-refractivity contribution in [2.75, 3.05) is 11.9 Å². The van der Waals surface area contributed by atoms with Crippen molar-refractivity contribution in [3.8, 4) is 0 Å². The van der Waals surface area contributed by atoms with Gasteiger partial charge >= 0.3 is 0 Å². The first kappa shape index (κ1) is 14.9. The monoisotopic (exact) mass is 401 g/mol. The second-order valence-corrected chi connectivity index (χ2v) is 7.82. The van der Waals surface area contributed by atoms with Crippen molar-refractivity contribution in [3.05, 3.63) is 27.1 Å². The molecule has 1 unspecified atom stereocenters. The lowest BCUT2D eigenvalue weighted by Gasteiger charge is -2.44. The Labute approximate surface area is 137 Å². The summed E-state index contributed by atoms with van der Waals surface area (Å²) in [6, 6.07) is 6.81. The zero-order chi connectivity index (χ0) is 14.0. The van der Waals surface area contributed by atoms with Crippen molar-refractivity contribution in [3.63, 3.8) is 0 Å². The lowest BCUT2D eigenvalue weighted by atomic mass is 9.78. The van der Waals surface area contributed by atoms with E-state index in [0.29, 0.717) is 6.04 Å². The molecule has 2 aliphatic rings. The summed E-state index contributed by atoms with van der Waals surface area (Å²) in [5.74, 6) is 0. The van der Waals surface area contributed by atoms with Crippen LogP contribution >= 0.6 is 31.9 Å². The standard InChI is InChI=1S/C16H21Br2NO/c17-12-4-5-14(18)15(10-12)19-13-6-9-20-16(11-13)7-2-1-3-8-16/h4-5,10,13,19H,1-3,6-9,11H2. The largest absolute Gasteiger partial charge is 0.381 e. The van der Waals surface area contributed by atoms with Gasteiger partial charge in [0.15, 0.2) is 0 Å². The number of anilines is 1. The molecule has 0 bridgehead atoms. The van der Waals surface area contributed by atoms with E-state index in [0.717, 1.165) is 28.4 Å². The van der Waals surface area contributed by atoms with Crippen molar-refractivity contribution >= 4 is 37.5 Å². The van der Waals surface area contributed by atoms with Gasteiger partial charge in [0.2, 0.25) is 0 Å². The molecule has 1 aliphatic carbocycles. The summed E-state index contributed by atoms with van der Waals surface area (Å²) in [5, 5.41) is 3.70. The molecular formula is C16H21Br2NO. The molecule has 1 heterocycles. The van der Waals surface area contributed by atoms with Crippen LogP contribution in [0.25, 0.3) is 0 Å². The van der Waals surface area contributed by atoms with E-state index in [9.17, 15) is 0 Å². The molecule has 1 saturated carbocycles. The van der Waals surface area contributed by atoms with Gasteiger partial charge in [-0.25, -0.2) is 0 Å². The average molecular weight is 403 g/mol. The van der Waals surface area contributed by atoms with Crippen LogP contribution in [0.5, 0.6) is 0 Å². The lowest BCUT2D eigenvalue weighted by molar-refractivity contribution is -0.103. The van der Waals surface area contributed by atoms with E-state index in [1.807, 2.05) is 0 Å². The van der Waals surface area contributed by atoms with E-state index in [1.165, 1.54) is 37.8 Å². The molecule has 110 valence electrons. The fraction of sp³-hybridized carbons (Fsp3) is 0.625. The van der Waals surface area contributed by atoms with Crippen LogP contribution in [0.3, 0.4) is 0 Å². The highest BCUT2D eigenvalue weighted by molar-refractivity contribution is 9.11. The Morgan fingerprint density at radius 2 is 1.95 bits per heavy atom. The van der Waals surface area contributed by atoms with Crippen molar-refractivity contribution in [1.82, 2.24) is 0 Å². The molecule has 1 aliphatic heterocycles. The minimum absolute atomic E-state index is 0.159. The smallest absolute Gasteiger partial charge is 0.0702 e. The van der Waals surface area contributed by atoms with E-state index in [4.69, 9.17) is 4.74 Å². The van der Waals surface area contributed by atoms with Gasteiger partial charge in [-0.2, -0.15) is 0 Å². The van der Waals surface area contributed by atoms with Crippen LogP contribution < -0.4 is 5.32 Å². The summed E-state index contributed by atoms with van der Waals surface area (Å²) in [7, 11) is 0. The third-order valence-corrected chi connectivity index (χ3v) is 5.73. The molecule has 1 N–H and O–H groups in total. The first-order valence-corrected chi connectivity index (χ1v) is 9.11. The van der Waals surface area contributed by atoms with Gasteiger partial charge in [0.05, 0.1) is 5.60 Å². The van der Waals surface area contributed by atoms with Crippen molar-refractivity contribution in [1.29, 1.82) is 0 Å². The topological polar surface area (TPSA) is 21.3 Å². The maximum absolute atomic E-state index is 6.17. The fourth-order valence-corrected chi connectivity index (χ4v) is 4.25. The Kier molecular flexibility index (Phi) is 4.73. The first-order valence-electron chi connectivity index (χ1n) is 7.52. The van der Waals surface area contributed by atoms with E-state index < -0.39 is 0 Å². The number of halogens is 2. The SMILES string of the molecule is Brc1ccc(Br)c(NC2CCOC3(CCCCC3)C2)c1. The molecular weight excluding hydrogens is 382 g/mol. The second-order valence-electron chi connectivity index (χ2n) is 6.05. The molecule has 1 spiro atoms. The minimum atomic E-state index is 0.159. The van der Waals surface area contributed by atoms with Gasteiger partial charge in [-0.3, -0.25) is 0 Å². The van der Waals surface area contributed by atoms with Gasteiger partial charge in [0.25, 0.3) is 0 Å². The number of nitrogens with one attached hydrogen (secondary N) is 1. The Balaban J connectivity index is 1.69. The minimum Gasteiger partial charge on any atom is -0.381 e. The highest BCUT2D eigenvalue weighted by Crippen LogP contribution is 2.39. The lowest BCUT2D eigenvalue weighted by Crippen LogP contribution is -2.45. The number of ether oxygens (including phenoxy) is 1. The van der Waals surface area contributed by atoms with Gasteiger partial charge in [-0.15, -0.1) is 0 Å². The molecule has 20 heavy (non-hydrogen) atoms. The Morgan fingerprint density at radius 3 is 2.75 bits per heavy atom. The third kappa shape index (κ3) is 3.40. The van der Waals surface area contributed by atoms with Crippen molar-refractivity contribution in [2.45, 2.75) is 56.6 Å². The summed E-state index contributed by atoms with van der Waals surface area (Å²) < 4.78 is 8.41. The summed E-state index contributed by atoms with van der Waals surface area (Å²) in [4.78, 5) is 0. The molecule has 2 nitrogen and oxygen atoms in total. The molecule has 0 aromatic heterocycles. The highest BCUT2D eigenvalue weighted by Gasteiger charge is 2.38. The summed E-state index contributed by atoms with van der Waals surface area (Å²) >= 11 is 7.18. The molecule has 1 aromatic rings. The number of rotatable bonds is 2. The van der Waals surface area contributed by atoms with Crippen LogP contribution in [0.1, 0.15) is 44.9 Å². The van der Waals surface area contributed by atoms with E-state index in [-0.39, 0.29) is 5.60 Å². The third-order valence-electron chi connectivity index (χ3n) is 4.55. The van der Waals surface area contributed by atoms with Crippen LogP contribution in [-0.4, -0.2) is 18.2 Å². The first-order chi connectivity index (χ1) is 9.67. The van der Waals surface area contributed by atoms with Gasteiger partial charge in [-0.05, 0) is 59.8 Å². The van der Waals surface area contributed by atoms with Crippen LogP contribution in [-0.2, 0) is 4.74 Å². The Hall–Kier alpha value is -0.0600. The summed E-state index contributed by atoms with van der Waals surface area (Å²) in [6.45, 7) is 0.892. The zero-order valence-electron chi connectivity index (χ0n) is 11.6. The molecule has 0 radical (unpaired) electrons. The van der Waals surface area contributed by atoms with Crippen LogP contribution in [0.2, 0.25) is 0 Å². The van der Waals surface area contributed by atoms with Crippen LogP contribution in [0, 0.1) is 0 Å². The molecule has 3 rings (SSSR count). The number of hydrogen-bond acceptors (Lipinski definition) is 2. The van der Waals surface area contributed by atoms with Crippen molar-refractivity contribution in [2.24, 2.45) is 0 Å². The van der Waals surface area contributed by atoms with Crippen molar-refractivity contribution < 1.29 is 4.74 Å². The predicted molar refractivity (Wildman–Crippen MR) is 90.3 cm³/mol. The van der Waals surface area contributed by atoms with Crippen LogP contribution in [0.15, 0.2) is 27.1 Å². The maximum Gasteiger partial charge on any atom is 0.0702 e. The van der Waals surface area contributed by atoms with Gasteiger partial charge < -0.3 is 10.1 Å². The Morgan fingerprint density at radius 1 is 1.15 bits per heavy atom. The van der Waals surface area contributed by atoms with Gasteiger partial charge in [-0.1, -0.05) is 35.2 Å². The summed E-state index contributed by atoms with van der Waals surface area (Å²) in [5.41, 5.74) is 1.34. The maximum atomic E-state index is 6.17. The molecule has 1 saturated heterocycles. The van der Waals surface area contributed by atoms with E-state index in [1.54, 1.807) is 0 Å². The molecule has 4 heteroatoms. The highest BCUT2D eigenvalue weighted by atomic mass is 79.9. The van der Waals surface area contributed by atoms with Gasteiger partial charge in [0, 0.05) is 27.3 Å². The van der Waals surface area contributed by atoms with E-state index in [2.05, 4.69) is 55.4 Å². The normalized spacial score (nSPS) is 25.6. The molecule has 1 atom stereocenters. The quantitative estimate of drug-likeness (QED) is 0.704. The fourth-order valence-electron chi connectivity index (χ4n) is 3.52. The number of benzene rings is 1. The summed E-state index contributed by atoms with van der Waals surface area (Å²) in [6.07, 6.45) is 8.75. The number of hydrogen-bond donors (Lipinski definition) is 1. The van der Waals surface area contributed by atoms with E-state index >= 15 is 0 Å². The van der Waals surface area contributed by atoms with Crippen LogP contribution in [0.4, 0.5) is 5.69 Å². The predicted octanol–water partition coefficient (Wildman–Crippen LogP) is 5.51. The molecule has 0 amide bonds. The Bertz CT molecular complexity index is 466. The average Bonchev–Trinajstić information content (AvgIpc) is 2.44. The molecule has 2 fully saturated rings. The zero-order valence-corrected chi connectivity index (χ0v) is 14.8.